The van der Waals surface area contributed by atoms with Crippen molar-refractivity contribution in [2.75, 3.05) is 25.3 Å². The highest BCUT2D eigenvalue weighted by atomic mass is 32.2. The molecule has 0 saturated heterocycles. The maximum absolute atomic E-state index is 13.5. The number of carbonyl (C=O) groups is 1. The Labute approximate surface area is 214 Å². The van der Waals surface area contributed by atoms with Crippen molar-refractivity contribution in [3.63, 3.8) is 0 Å². The summed E-state index contributed by atoms with van der Waals surface area (Å²) in [5.41, 5.74) is 2.18. The van der Waals surface area contributed by atoms with Crippen LogP contribution in [0.2, 0.25) is 0 Å². The summed E-state index contributed by atoms with van der Waals surface area (Å²) in [5.74, 6) is 1.07. The van der Waals surface area contributed by atoms with E-state index in [1.807, 2.05) is 37.3 Å². The van der Waals surface area contributed by atoms with Crippen LogP contribution in [0.25, 0.3) is 11.4 Å². The van der Waals surface area contributed by atoms with Crippen molar-refractivity contribution in [1.29, 1.82) is 0 Å². The second-order valence-corrected chi connectivity index (χ2v) is 10.7. The molecule has 0 fully saturated rings. The normalized spacial score (nSPS) is 11.2. The van der Waals surface area contributed by atoms with Crippen LogP contribution in [0.5, 0.6) is 11.5 Å². The van der Waals surface area contributed by atoms with Crippen LogP contribution in [0.15, 0.2) is 87.7 Å². The molecule has 3 aromatic carbocycles. The second-order valence-electron chi connectivity index (χ2n) is 7.84. The summed E-state index contributed by atoms with van der Waals surface area (Å²) < 4.78 is 37.4. The number of sulfone groups is 1. The Kier molecular flexibility index (Phi) is 7.66. The van der Waals surface area contributed by atoms with Crippen molar-refractivity contribution < 1.29 is 22.7 Å². The van der Waals surface area contributed by atoms with Crippen LogP contribution < -0.4 is 14.8 Å². The van der Waals surface area contributed by atoms with Crippen LogP contribution in [-0.2, 0) is 14.6 Å². The van der Waals surface area contributed by atoms with Gasteiger partial charge in [0, 0.05) is 29.4 Å². The van der Waals surface area contributed by atoms with Gasteiger partial charge in [-0.2, -0.15) is 0 Å². The van der Waals surface area contributed by atoms with E-state index in [1.165, 1.54) is 14.2 Å². The first kappa shape index (κ1) is 25.3. The van der Waals surface area contributed by atoms with Crippen molar-refractivity contribution in [2.24, 2.45) is 0 Å². The van der Waals surface area contributed by atoms with Gasteiger partial charge in [0.25, 0.3) is 0 Å². The lowest BCUT2D eigenvalue weighted by molar-refractivity contribution is -0.113. The van der Waals surface area contributed by atoms with E-state index in [9.17, 15) is 13.2 Å². The number of aromatic nitrogens is 2. The van der Waals surface area contributed by atoms with E-state index >= 15 is 0 Å². The predicted octanol–water partition coefficient (Wildman–Crippen LogP) is 4.97. The summed E-state index contributed by atoms with van der Waals surface area (Å²) in [7, 11) is -0.858. The number of anilines is 1. The number of ether oxygens (including phenoxy) is 2. The van der Waals surface area contributed by atoms with Gasteiger partial charge in [0.05, 0.1) is 24.9 Å². The SMILES string of the molecule is COc1cc(NC(=O)CSc2nc(-c3ccccc3)[nH]c2S(=O)(=O)c2ccc(C)cc2)cc(OC)c1. The average molecular weight is 524 g/mol. The Hall–Kier alpha value is -3.76. The molecular formula is C26H25N3O5S2. The van der Waals surface area contributed by atoms with Gasteiger partial charge in [0.2, 0.25) is 15.7 Å². The summed E-state index contributed by atoms with van der Waals surface area (Å²) >= 11 is 1.04. The first-order chi connectivity index (χ1) is 17.3. The molecule has 1 amide bonds. The summed E-state index contributed by atoms with van der Waals surface area (Å²) in [6.45, 7) is 1.89. The van der Waals surface area contributed by atoms with Gasteiger partial charge in [-0.05, 0) is 19.1 Å². The zero-order valence-electron chi connectivity index (χ0n) is 19.9. The summed E-state index contributed by atoms with van der Waals surface area (Å²) in [6.07, 6.45) is 0. The Bertz CT molecular complexity index is 1450. The zero-order valence-corrected chi connectivity index (χ0v) is 21.6. The van der Waals surface area contributed by atoms with Gasteiger partial charge < -0.3 is 19.8 Å². The molecule has 0 saturated carbocycles. The Morgan fingerprint density at radius 3 is 2.22 bits per heavy atom. The number of aryl methyl sites for hydroxylation is 1. The average Bonchev–Trinajstić information content (AvgIpc) is 3.33. The van der Waals surface area contributed by atoms with Gasteiger partial charge in [-0.15, -0.1) is 0 Å². The van der Waals surface area contributed by atoms with Gasteiger partial charge in [-0.25, -0.2) is 13.4 Å². The quantitative estimate of drug-likeness (QED) is 0.298. The van der Waals surface area contributed by atoms with Crippen LogP contribution >= 0.6 is 11.8 Å². The van der Waals surface area contributed by atoms with E-state index in [1.54, 1.807) is 42.5 Å². The van der Waals surface area contributed by atoms with E-state index in [0.29, 0.717) is 23.0 Å². The maximum Gasteiger partial charge on any atom is 0.234 e. The summed E-state index contributed by atoms with van der Waals surface area (Å²) in [5, 5.41) is 2.95. The molecular weight excluding hydrogens is 498 g/mol. The molecule has 1 aromatic heterocycles. The first-order valence-electron chi connectivity index (χ1n) is 10.9. The number of nitrogens with one attached hydrogen (secondary N) is 2. The number of benzene rings is 3. The first-order valence-corrected chi connectivity index (χ1v) is 13.4. The molecule has 4 aromatic rings. The number of rotatable bonds is 9. The van der Waals surface area contributed by atoms with E-state index < -0.39 is 9.84 Å². The van der Waals surface area contributed by atoms with Gasteiger partial charge in [0.15, 0.2) is 5.03 Å². The highest BCUT2D eigenvalue weighted by Gasteiger charge is 2.27. The number of aromatic amines is 1. The number of hydrogen-bond acceptors (Lipinski definition) is 7. The number of carbonyl (C=O) groups excluding carboxylic acids is 1. The molecule has 0 unspecified atom stereocenters. The Morgan fingerprint density at radius 2 is 1.61 bits per heavy atom. The maximum atomic E-state index is 13.5. The molecule has 0 bridgehead atoms. The van der Waals surface area contributed by atoms with Crippen molar-refractivity contribution in [2.45, 2.75) is 21.9 Å². The molecule has 0 radical (unpaired) electrons. The molecule has 36 heavy (non-hydrogen) atoms. The fourth-order valence-electron chi connectivity index (χ4n) is 3.40. The second kappa shape index (κ2) is 10.9. The minimum Gasteiger partial charge on any atom is -0.497 e. The molecule has 8 nitrogen and oxygen atoms in total. The van der Waals surface area contributed by atoms with Crippen LogP contribution in [-0.4, -0.2) is 44.3 Å². The van der Waals surface area contributed by atoms with Crippen molar-refractivity contribution in [1.82, 2.24) is 9.97 Å². The third kappa shape index (κ3) is 5.72. The molecule has 0 aliphatic heterocycles. The van der Waals surface area contributed by atoms with Gasteiger partial charge >= 0.3 is 0 Å². The van der Waals surface area contributed by atoms with E-state index in [4.69, 9.17) is 9.47 Å². The molecule has 0 atom stereocenters. The fraction of sp³-hybridized carbons (Fsp3) is 0.154. The number of hydrogen-bond donors (Lipinski definition) is 2. The molecule has 1 heterocycles. The molecule has 4 rings (SSSR count). The van der Waals surface area contributed by atoms with Crippen LogP contribution in [0, 0.1) is 6.92 Å². The van der Waals surface area contributed by atoms with Crippen LogP contribution in [0.4, 0.5) is 5.69 Å². The lowest BCUT2D eigenvalue weighted by atomic mass is 10.2. The number of amides is 1. The number of nitrogens with zero attached hydrogens (tertiary/aromatic N) is 1. The number of imidazole rings is 1. The smallest absolute Gasteiger partial charge is 0.234 e. The van der Waals surface area contributed by atoms with E-state index in [0.717, 1.165) is 22.9 Å². The standard InChI is InChI=1S/C26H25N3O5S2/c1-17-9-11-22(12-10-17)36(31,32)26-25(28-24(29-26)18-7-5-4-6-8-18)35-16-23(30)27-19-13-20(33-2)15-21(14-19)34-3/h4-15H,16H2,1-3H3,(H,27,30)(H,28,29). The fourth-order valence-corrected chi connectivity index (χ4v) is 5.82. The monoisotopic (exact) mass is 523 g/mol. The van der Waals surface area contributed by atoms with E-state index in [-0.39, 0.29) is 26.6 Å². The van der Waals surface area contributed by atoms with Crippen LogP contribution in [0.1, 0.15) is 5.56 Å². The third-order valence-electron chi connectivity index (χ3n) is 5.26. The predicted molar refractivity (Wildman–Crippen MR) is 140 cm³/mol. The van der Waals surface area contributed by atoms with E-state index in [2.05, 4.69) is 15.3 Å². The minimum absolute atomic E-state index is 0.0499. The Morgan fingerprint density at radius 1 is 0.972 bits per heavy atom. The van der Waals surface area contributed by atoms with Crippen molar-refractivity contribution in [3.8, 4) is 22.9 Å². The molecule has 10 heteroatoms. The molecule has 0 spiro atoms. The minimum atomic E-state index is -3.90. The van der Waals surface area contributed by atoms with Crippen molar-refractivity contribution in [3.05, 3.63) is 78.4 Å². The molecule has 2 N–H and O–H groups in total. The van der Waals surface area contributed by atoms with Crippen LogP contribution in [0.3, 0.4) is 0 Å². The van der Waals surface area contributed by atoms with Gasteiger partial charge in [-0.1, -0.05) is 59.8 Å². The molecule has 186 valence electrons. The summed E-state index contributed by atoms with van der Waals surface area (Å²) in [6, 6.07) is 20.8. The Balaban J connectivity index is 1.61. The molecule has 0 aliphatic rings. The number of methoxy groups -OCH3 is 2. The third-order valence-corrected chi connectivity index (χ3v) is 8.09. The highest BCUT2D eigenvalue weighted by molar-refractivity contribution is 8.00. The number of thioether (sulfide) groups is 1. The topological polar surface area (TPSA) is 110 Å². The lowest BCUT2D eigenvalue weighted by Crippen LogP contribution is -2.14. The largest absolute Gasteiger partial charge is 0.497 e. The van der Waals surface area contributed by atoms with Gasteiger partial charge in [-0.3, -0.25) is 4.79 Å². The van der Waals surface area contributed by atoms with Gasteiger partial charge in [0.1, 0.15) is 22.3 Å². The highest BCUT2D eigenvalue weighted by Crippen LogP contribution is 2.32. The zero-order chi connectivity index (χ0) is 25.7. The summed E-state index contributed by atoms with van der Waals surface area (Å²) in [4.78, 5) is 20.4. The molecule has 0 aliphatic carbocycles. The number of H-pyrrole nitrogens is 1. The lowest BCUT2D eigenvalue weighted by Gasteiger charge is -2.10. The van der Waals surface area contributed by atoms with Crippen molar-refractivity contribution >= 4 is 33.2 Å².